The van der Waals surface area contributed by atoms with E-state index in [9.17, 15) is 9.59 Å². The van der Waals surface area contributed by atoms with E-state index >= 15 is 0 Å². The van der Waals surface area contributed by atoms with E-state index < -0.39 is 11.9 Å². The fourth-order valence-corrected chi connectivity index (χ4v) is 2.62. The quantitative estimate of drug-likeness (QED) is 0.294. The number of rotatable bonds is 11. The van der Waals surface area contributed by atoms with Crippen LogP contribution in [-0.4, -0.2) is 25.2 Å². The van der Waals surface area contributed by atoms with Gasteiger partial charge in [-0.1, -0.05) is 32.6 Å². The monoisotopic (exact) mass is 384 g/mol. The normalized spacial score (nSPS) is 10.4. The molecular weight excluding hydrogens is 356 g/mol. The van der Waals surface area contributed by atoms with Gasteiger partial charge in [-0.15, -0.1) is 0 Å². The summed E-state index contributed by atoms with van der Waals surface area (Å²) < 4.78 is 16.0. The molecule has 0 radical (unpaired) electrons. The first-order valence-corrected chi connectivity index (χ1v) is 9.86. The molecule has 0 fully saturated rings. The standard InChI is InChI=1S/C23H28O5/c1-3-5-6-7-8-17-27-20-13-9-19(10-14-20)23(25)28-21-15-11-18(12-16-21)22(24)26-4-2/h9-16H,3-8,17H2,1-2H3. The lowest BCUT2D eigenvalue weighted by atomic mass is 10.2. The highest BCUT2D eigenvalue weighted by Gasteiger charge is 2.11. The van der Waals surface area contributed by atoms with Crippen LogP contribution >= 0.6 is 0 Å². The Kier molecular flexibility index (Phi) is 9.05. The predicted molar refractivity (Wildman–Crippen MR) is 108 cm³/mol. The number of hydrogen-bond acceptors (Lipinski definition) is 5. The van der Waals surface area contributed by atoms with Crippen molar-refractivity contribution in [2.24, 2.45) is 0 Å². The first-order chi connectivity index (χ1) is 13.6. The zero-order valence-electron chi connectivity index (χ0n) is 16.6. The van der Waals surface area contributed by atoms with Gasteiger partial charge in [-0.05, 0) is 61.9 Å². The summed E-state index contributed by atoms with van der Waals surface area (Å²) in [5, 5.41) is 0. The highest BCUT2D eigenvalue weighted by Crippen LogP contribution is 2.17. The van der Waals surface area contributed by atoms with Crippen molar-refractivity contribution in [2.45, 2.75) is 46.0 Å². The molecular formula is C23H28O5. The van der Waals surface area contributed by atoms with Gasteiger partial charge in [0.2, 0.25) is 0 Å². The molecule has 0 aromatic heterocycles. The second-order valence-electron chi connectivity index (χ2n) is 6.42. The molecule has 0 saturated carbocycles. The lowest BCUT2D eigenvalue weighted by molar-refractivity contribution is 0.0526. The molecule has 0 spiro atoms. The molecule has 0 N–H and O–H groups in total. The van der Waals surface area contributed by atoms with Crippen molar-refractivity contribution >= 4 is 11.9 Å². The van der Waals surface area contributed by atoms with Crippen LogP contribution in [0.3, 0.4) is 0 Å². The van der Waals surface area contributed by atoms with E-state index in [0.29, 0.717) is 30.1 Å². The topological polar surface area (TPSA) is 61.8 Å². The summed E-state index contributed by atoms with van der Waals surface area (Å²) in [5.41, 5.74) is 0.850. The third-order valence-electron chi connectivity index (χ3n) is 4.18. The molecule has 2 aromatic rings. The Hall–Kier alpha value is -2.82. The molecule has 0 atom stereocenters. The number of hydrogen-bond donors (Lipinski definition) is 0. The zero-order valence-corrected chi connectivity index (χ0v) is 16.6. The van der Waals surface area contributed by atoms with Gasteiger partial charge in [0.25, 0.3) is 0 Å². The maximum Gasteiger partial charge on any atom is 0.343 e. The Morgan fingerprint density at radius 3 is 1.89 bits per heavy atom. The maximum absolute atomic E-state index is 12.3. The minimum Gasteiger partial charge on any atom is -0.494 e. The van der Waals surface area contributed by atoms with Crippen LogP contribution in [-0.2, 0) is 4.74 Å². The summed E-state index contributed by atoms with van der Waals surface area (Å²) in [5.74, 6) is 0.243. The van der Waals surface area contributed by atoms with Gasteiger partial charge in [-0.3, -0.25) is 0 Å². The van der Waals surface area contributed by atoms with Crippen molar-refractivity contribution < 1.29 is 23.8 Å². The van der Waals surface area contributed by atoms with E-state index in [-0.39, 0.29) is 0 Å². The molecule has 0 aliphatic heterocycles. The summed E-state index contributed by atoms with van der Waals surface area (Å²) in [6, 6.07) is 13.2. The van der Waals surface area contributed by atoms with E-state index in [2.05, 4.69) is 6.92 Å². The van der Waals surface area contributed by atoms with Crippen LogP contribution in [0.2, 0.25) is 0 Å². The molecule has 0 bridgehead atoms. The maximum atomic E-state index is 12.3. The Labute approximate surface area is 166 Å². The molecule has 0 heterocycles. The predicted octanol–water partition coefficient (Wildman–Crippen LogP) is 5.43. The number of ether oxygens (including phenoxy) is 3. The Morgan fingerprint density at radius 1 is 0.714 bits per heavy atom. The molecule has 28 heavy (non-hydrogen) atoms. The molecule has 5 nitrogen and oxygen atoms in total. The highest BCUT2D eigenvalue weighted by molar-refractivity contribution is 5.92. The largest absolute Gasteiger partial charge is 0.494 e. The smallest absolute Gasteiger partial charge is 0.343 e. The van der Waals surface area contributed by atoms with Crippen LogP contribution in [0.15, 0.2) is 48.5 Å². The van der Waals surface area contributed by atoms with E-state index in [0.717, 1.165) is 12.2 Å². The molecule has 0 amide bonds. The average molecular weight is 384 g/mol. The third-order valence-corrected chi connectivity index (χ3v) is 4.18. The van der Waals surface area contributed by atoms with Gasteiger partial charge < -0.3 is 14.2 Å². The van der Waals surface area contributed by atoms with Crippen molar-refractivity contribution in [3.05, 3.63) is 59.7 Å². The van der Waals surface area contributed by atoms with Crippen LogP contribution < -0.4 is 9.47 Å². The van der Waals surface area contributed by atoms with E-state index in [1.807, 2.05) is 0 Å². The number of unbranched alkanes of at least 4 members (excludes halogenated alkanes) is 4. The van der Waals surface area contributed by atoms with Crippen molar-refractivity contribution in [2.75, 3.05) is 13.2 Å². The van der Waals surface area contributed by atoms with Crippen molar-refractivity contribution in [1.29, 1.82) is 0 Å². The van der Waals surface area contributed by atoms with Crippen LogP contribution in [0.25, 0.3) is 0 Å². The summed E-state index contributed by atoms with van der Waals surface area (Å²) in [6.45, 7) is 4.94. The van der Waals surface area contributed by atoms with Crippen LogP contribution in [0, 0.1) is 0 Å². The molecule has 2 rings (SSSR count). The van der Waals surface area contributed by atoms with Gasteiger partial charge in [0.05, 0.1) is 24.3 Å². The minimum absolute atomic E-state index is 0.314. The first-order valence-electron chi connectivity index (χ1n) is 9.86. The second kappa shape index (κ2) is 11.8. The van der Waals surface area contributed by atoms with Crippen LogP contribution in [0.5, 0.6) is 11.5 Å². The fourth-order valence-electron chi connectivity index (χ4n) is 2.62. The summed E-state index contributed by atoms with van der Waals surface area (Å²) >= 11 is 0. The van der Waals surface area contributed by atoms with Gasteiger partial charge in [0.1, 0.15) is 11.5 Å². The van der Waals surface area contributed by atoms with Gasteiger partial charge in [-0.2, -0.15) is 0 Å². The Bertz CT molecular complexity index is 735. The van der Waals surface area contributed by atoms with Gasteiger partial charge in [0, 0.05) is 0 Å². The molecule has 0 aliphatic rings. The zero-order chi connectivity index (χ0) is 20.2. The van der Waals surface area contributed by atoms with Gasteiger partial charge >= 0.3 is 11.9 Å². The average Bonchev–Trinajstić information content (AvgIpc) is 2.71. The number of esters is 2. The van der Waals surface area contributed by atoms with E-state index in [1.165, 1.54) is 25.7 Å². The van der Waals surface area contributed by atoms with E-state index in [4.69, 9.17) is 14.2 Å². The number of carbonyl (C=O) groups excluding carboxylic acids is 2. The second-order valence-corrected chi connectivity index (χ2v) is 6.42. The fraction of sp³-hybridized carbons (Fsp3) is 0.391. The van der Waals surface area contributed by atoms with Gasteiger partial charge in [-0.25, -0.2) is 9.59 Å². The molecule has 2 aromatic carbocycles. The summed E-state index contributed by atoms with van der Waals surface area (Å²) in [7, 11) is 0. The van der Waals surface area contributed by atoms with Crippen molar-refractivity contribution in [3.8, 4) is 11.5 Å². The Morgan fingerprint density at radius 2 is 1.29 bits per heavy atom. The SMILES string of the molecule is CCCCCCCOc1ccc(C(=O)Oc2ccc(C(=O)OCC)cc2)cc1. The van der Waals surface area contributed by atoms with Crippen molar-refractivity contribution in [1.82, 2.24) is 0 Å². The Balaban J connectivity index is 1.81. The minimum atomic E-state index is -0.463. The van der Waals surface area contributed by atoms with Crippen molar-refractivity contribution in [3.63, 3.8) is 0 Å². The molecule has 5 heteroatoms. The number of benzene rings is 2. The first kappa shape index (κ1) is 21.5. The lowest BCUT2D eigenvalue weighted by Crippen LogP contribution is -2.09. The molecule has 0 unspecified atom stereocenters. The third kappa shape index (κ3) is 7.06. The molecule has 0 aliphatic carbocycles. The van der Waals surface area contributed by atoms with Crippen LogP contribution in [0.1, 0.15) is 66.7 Å². The molecule has 0 saturated heterocycles. The summed E-state index contributed by atoms with van der Waals surface area (Å²) in [4.78, 5) is 23.9. The number of carbonyl (C=O) groups is 2. The lowest BCUT2D eigenvalue weighted by Gasteiger charge is -2.08. The van der Waals surface area contributed by atoms with Crippen LogP contribution in [0.4, 0.5) is 0 Å². The van der Waals surface area contributed by atoms with Gasteiger partial charge in [0.15, 0.2) is 0 Å². The highest BCUT2D eigenvalue weighted by atomic mass is 16.5. The summed E-state index contributed by atoms with van der Waals surface area (Å²) in [6.07, 6.45) is 5.94. The molecule has 150 valence electrons. The van der Waals surface area contributed by atoms with E-state index in [1.54, 1.807) is 55.5 Å².